The normalized spacial score (nSPS) is 16.8. The number of anilines is 2. The number of rotatable bonds is 3. The van der Waals surface area contributed by atoms with Crippen molar-refractivity contribution in [1.82, 2.24) is 9.55 Å². The fourth-order valence-corrected chi connectivity index (χ4v) is 2.75. The number of aromatic nitrogens is 2. The van der Waals surface area contributed by atoms with Crippen LogP contribution in [0.3, 0.4) is 0 Å². The number of benzene rings is 1. The highest BCUT2D eigenvalue weighted by Gasteiger charge is 2.28. The molecule has 2 aromatic rings. The summed E-state index contributed by atoms with van der Waals surface area (Å²) in [6.07, 6.45) is 3.65. The maximum atomic E-state index is 11.6. The van der Waals surface area contributed by atoms with Crippen LogP contribution in [0.15, 0.2) is 24.5 Å². The third kappa shape index (κ3) is 2.36. The van der Waals surface area contributed by atoms with Crippen molar-refractivity contribution in [3.63, 3.8) is 0 Å². The van der Waals surface area contributed by atoms with E-state index in [4.69, 9.17) is 17.3 Å². The number of halogens is 1. The summed E-state index contributed by atoms with van der Waals surface area (Å²) in [6, 6.07) is 2.96. The second-order valence-electron chi connectivity index (χ2n) is 5.17. The molecule has 0 radical (unpaired) electrons. The van der Waals surface area contributed by atoms with Crippen molar-refractivity contribution < 1.29 is 4.79 Å². The van der Waals surface area contributed by atoms with E-state index in [2.05, 4.69) is 10.3 Å². The first-order valence-corrected chi connectivity index (χ1v) is 6.92. The highest BCUT2D eigenvalue weighted by molar-refractivity contribution is 6.33. The van der Waals surface area contributed by atoms with Crippen LogP contribution >= 0.6 is 11.6 Å². The van der Waals surface area contributed by atoms with Gasteiger partial charge in [0.25, 0.3) is 0 Å². The average Bonchev–Trinajstić information content (AvgIpc) is 2.95. The molecule has 3 N–H and O–H groups in total. The molecule has 1 unspecified atom stereocenters. The van der Waals surface area contributed by atoms with Gasteiger partial charge in [0.15, 0.2) is 0 Å². The third-order valence-corrected chi connectivity index (χ3v) is 4.01. The van der Waals surface area contributed by atoms with Crippen molar-refractivity contribution in [2.75, 3.05) is 17.3 Å². The number of nitrogens with two attached hydrogens (primary N) is 1. The van der Waals surface area contributed by atoms with Crippen molar-refractivity contribution in [1.29, 1.82) is 0 Å². The van der Waals surface area contributed by atoms with Gasteiger partial charge >= 0.3 is 0 Å². The predicted octanol–water partition coefficient (Wildman–Crippen LogP) is 1.66. The Morgan fingerprint density at radius 1 is 1.52 bits per heavy atom. The second kappa shape index (κ2) is 5.05. The molecular formula is C14H16ClN5O. The fourth-order valence-electron chi connectivity index (χ4n) is 2.43. The van der Waals surface area contributed by atoms with E-state index in [-0.39, 0.29) is 5.91 Å². The van der Waals surface area contributed by atoms with Gasteiger partial charge in [-0.3, -0.25) is 4.79 Å². The van der Waals surface area contributed by atoms with E-state index in [1.54, 1.807) is 12.3 Å². The van der Waals surface area contributed by atoms with Crippen molar-refractivity contribution in [2.45, 2.75) is 12.6 Å². The number of fused-ring (bicyclic) bond motifs is 1. The van der Waals surface area contributed by atoms with Crippen LogP contribution in [0.2, 0.25) is 5.02 Å². The zero-order chi connectivity index (χ0) is 15.1. The molecule has 1 aliphatic heterocycles. The SMILES string of the molecule is CN(Cc1nccn1C)c1cc2c(cc1Cl)C(N)C(=O)N2. The van der Waals surface area contributed by atoms with Crippen molar-refractivity contribution in [3.05, 3.63) is 40.9 Å². The second-order valence-corrected chi connectivity index (χ2v) is 5.58. The van der Waals surface area contributed by atoms with Gasteiger partial charge in [0.05, 0.1) is 17.3 Å². The van der Waals surface area contributed by atoms with Gasteiger partial charge < -0.3 is 20.5 Å². The monoisotopic (exact) mass is 305 g/mol. The van der Waals surface area contributed by atoms with Crippen LogP contribution in [-0.4, -0.2) is 22.5 Å². The highest BCUT2D eigenvalue weighted by atomic mass is 35.5. The molecule has 0 spiro atoms. The molecule has 0 fully saturated rings. The van der Waals surface area contributed by atoms with Gasteiger partial charge in [-0.15, -0.1) is 0 Å². The van der Waals surface area contributed by atoms with E-state index in [0.29, 0.717) is 11.6 Å². The molecule has 3 rings (SSSR count). The van der Waals surface area contributed by atoms with Gasteiger partial charge in [-0.05, 0) is 12.1 Å². The lowest BCUT2D eigenvalue weighted by Gasteiger charge is -2.21. The molecule has 2 heterocycles. The van der Waals surface area contributed by atoms with Gasteiger partial charge in [-0.25, -0.2) is 4.98 Å². The van der Waals surface area contributed by atoms with Crippen LogP contribution in [0.5, 0.6) is 0 Å². The first-order valence-electron chi connectivity index (χ1n) is 6.54. The number of nitrogens with zero attached hydrogens (tertiary/aromatic N) is 3. The van der Waals surface area contributed by atoms with Crippen LogP contribution in [0, 0.1) is 0 Å². The Hall–Kier alpha value is -2.05. The number of amides is 1. The fraction of sp³-hybridized carbons (Fsp3) is 0.286. The molecule has 6 nitrogen and oxygen atoms in total. The lowest BCUT2D eigenvalue weighted by Crippen LogP contribution is -2.19. The summed E-state index contributed by atoms with van der Waals surface area (Å²) in [4.78, 5) is 17.9. The smallest absolute Gasteiger partial charge is 0.245 e. The Kier molecular flexibility index (Phi) is 3.35. The van der Waals surface area contributed by atoms with E-state index in [1.165, 1.54) is 0 Å². The molecule has 1 amide bonds. The first kappa shape index (κ1) is 13.9. The number of hydrogen-bond donors (Lipinski definition) is 2. The van der Waals surface area contributed by atoms with Gasteiger partial charge in [-0.2, -0.15) is 0 Å². The van der Waals surface area contributed by atoms with Gasteiger partial charge in [0.2, 0.25) is 5.91 Å². The molecular weight excluding hydrogens is 290 g/mol. The van der Waals surface area contributed by atoms with Gasteiger partial charge in [0, 0.05) is 37.7 Å². The Morgan fingerprint density at radius 3 is 2.95 bits per heavy atom. The zero-order valence-electron chi connectivity index (χ0n) is 11.8. The Balaban J connectivity index is 1.91. The van der Waals surface area contributed by atoms with E-state index < -0.39 is 6.04 Å². The van der Waals surface area contributed by atoms with Gasteiger partial charge in [-0.1, -0.05) is 11.6 Å². The van der Waals surface area contributed by atoms with Crippen molar-refractivity contribution in [3.8, 4) is 0 Å². The summed E-state index contributed by atoms with van der Waals surface area (Å²) in [5, 5.41) is 3.34. The summed E-state index contributed by atoms with van der Waals surface area (Å²) in [5.41, 5.74) is 8.10. The maximum Gasteiger partial charge on any atom is 0.245 e. The lowest BCUT2D eigenvalue weighted by molar-refractivity contribution is -0.116. The molecule has 0 saturated carbocycles. The quantitative estimate of drug-likeness (QED) is 0.904. The van der Waals surface area contributed by atoms with E-state index in [0.717, 1.165) is 22.8 Å². The first-order chi connectivity index (χ1) is 9.97. The minimum Gasteiger partial charge on any atom is -0.366 e. The molecule has 1 aromatic carbocycles. The minimum absolute atomic E-state index is 0.204. The van der Waals surface area contributed by atoms with E-state index in [9.17, 15) is 4.79 Å². The topological polar surface area (TPSA) is 76.2 Å². The number of carbonyl (C=O) groups is 1. The summed E-state index contributed by atoms with van der Waals surface area (Å²) in [6.45, 7) is 0.613. The van der Waals surface area contributed by atoms with E-state index >= 15 is 0 Å². The Morgan fingerprint density at radius 2 is 2.29 bits per heavy atom. The lowest BCUT2D eigenvalue weighted by atomic mass is 10.1. The zero-order valence-corrected chi connectivity index (χ0v) is 12.6. The molecule has 0 aliphatic carbocycles. The summed E-state index contributed by atoms with van der Waals surface area (Å²) < 4.78 is 1.95. The number of nitrogens with one attached hydrogen (secondary N) is 1. The molecule has 21 heavy (non-hydrogen) atoms. The third-order valence-electron chi connectivity index (χ3n) is 3.71. The molecule has 1 aromatic heterocycles. The average molecular weight is 306 g/mol. The molecule has 7 heteroatoms. The minimum atomic E-state index is -0.647. The maximum absolute atomic E-state index is 11.6. The standard InChI is InChI=1S/C14H16ClN5O/c1-19-4-3-17-12(19)7-20(2)11-6-10-8(5-9(11)15)13(16)14(21)18-10/h3-6,13H,7,16H2,1-2H3,(H,18,21). The van der Waals surface area contributed by atoms with Crippen molar-refractivity contribution >= 4 is 28.9 Å². The van der Waals surface area contributed by atoms with Crippen LogP contribution < -0.4 is 16.0 Å². The largest absolute Gasteiger partial charge is 0.366 e. The molecule has 110 valence electrons. The predicted molar refractivity (Wildman–Crippen MR) is 82.3 cm³/mol. The Labute approximate surface area is 127 Å². The number of carbonyl (C=O) groups excluding carboxylic acids is 1. The van der Waals surface area contributed by atoms with Gasteiger partial charge in [0.1, 0.15) is 11.9 Å². The summed E-state index contributed by atoms with van der Waals surface area (Å²) in [5.74, 6) is 0.722. The number of aryl methyl sites for hydroxylation is 1. The Bertz CT molecular complexity index is 711. The van der Waals surface area contributed by atoms with Crippen LogP contribution in [0.4, 0.5) is 11.4 Å². The van der Waals surface area contributed by atoms with E-state index in [1.807, 2.05) is 35.8 Å². The molecule has 0 bridgehead atoms. The van der Waals surface area contributed by atoms with Crippen LogP contribution in [0.1, 0.15) is 17.4 Å². The molecule has 1 aliphatic rings. The van der Waals surface area contributed by atoms with Crippen molar-refractivity contribution in [2.24, 2.45) is 12.8 Å². The number of imidazole rings is 1. The molecule has 0 saturated heterocycles. The van der Waals surface area contributed by atoms with Crippen LogP contribution in [-0.2, 0) is 18.4 Å². The summed E-state index contributed by atoms with van der Waals surface area (Å²) >= 11 is 6.33. The summed E-state index contributed by atoms with van der Waals surface area (Å²) in [7, 11) is 3.87. The highest BCUT2D eigenvalue weighted by Crippen LogP contribution is 2.38. The molecule has 1 atom stereocenters. The number of hydrogen-bond acceptors (Lipinski definition) is 4. The van der Waals surface area contributed by atoms with Crippen LogP contribution in [0.25, 0.3) is 0 Å².